The quantitative estimate of drug-likeness (QED) is 0.682. The molecule has 1 heteroatoms. The van der Waals surface area contributed by atoms with Crippen molar-refractivity contribution in [3.8, 4) is 0 Å². The van der Waals surface area contributed by atoms with Crippen molar-refractivity contribution in [1.82, 2.24) is 0 Å². The van der Waals surface area contributed by atoms with Gasteiger partial charge in [0.1, 0.15) is 0 Å². The fourth-order valence-electron chi connectivity index (χ4n) is 3.17. The zero-order valence-electron chi connectivity index (χ0n) is 11.9. The van der Waals surface area contributed by atoms with Crippen LogP contribution in [0, 0.1) is 0 Å². The number of hydrogen-bond donors (Lipinski definition) is 0. The molecule has 0 atom stereocenters. The Hall–Kier alpha value is -0.820. The molecule has 0 spiro atoms. The molecule has 0 aliphatic heterocycles. The normalized spacial score (nSPS) is 20.1. The molecular weight excluding hydrogens is 220 g/mol. The summed E-state index contributed by atoms with van der Waals surface area (Å²) in [5.74, 6) is 0. The lowest BCUT2D eigenvalue weighted by atomic mass is 9.83. The fraction of sp³-hybridized carbons (Fsp3) is 0.647. The van der Waals surface area contributed by atoms with Crippen LogP contribution < -0.4 is 0 Å². The average Bonchev–Trinajstić information content (AvgIpc) is 2.42. The summed E-state index contributed by atoms with van der Waals surface area (Å²) in [5.41, 5.74) is 6.13. The molecule has 0 heterocycles. The molecule has 2 rings (SSSR count). The minimum Gasteiger partial charge on any atom is -0.380 e. The number of allylic oxidation sites excluding steroid dienone is 5. The summed E-state index contributed by atoms with van der Waals surface area (Å²) in [7, 11) is 1.80. The molecular formula is C17H26O. The predicted molar refractivity (Wildman–Crippen MR) is 77.7 cm³/mol. The SMILES string of the molecule is COCC(C)=C(C1=CCCCC1)C1=CCCCC1. The molecule has 0 fully saturated rings. The summed E-state index contributed by atoms with van der Waals surface area (Å²) in [5, 5.41) is 0. The van der Waals surface area contributed by atoms with Gasteiger partial charge in [-0.05, 0) is 80.6 Å². The zero-order valence-corrected chi connectivity index (χ0v) is 11.9. The summed E-state index contributed by atoms with van der Waals surface area (Å²) < 4.78 is 5.35. The van der Waals surface area contributed by atoms with Crippen molar-refractivity contribution in [2.24, 2.45) is 0 Å². The van der Waals surface area contributed by atoms with E-state index in [1.165, 1.54) is 62.5 Å². The van der Waals surface area contributed by atoms with Crippen molar-refractivity contribution in [3.63, 3.8) is 0 Å². The van der Waals surface area contributed by atoms with E-state index in [1.807, 2.05) is 0 Å². The Morgan fingerprint density at radius 2 is 1.56 bits per heavy atom. The van der Waals surface area contributed by atoms with Crippen molar-refractivity contribution in [2.75, 3.05) is 13.7 Å². The Labute approximate surface area is 112 Å². The molecule has 0 aromatic carbocycles. The second-order valence-corrected chi connectivity index (χ2v) is 5.54. The molecule has 100 valence electrons. The molecule has 0 radical (unpaired) electrons. The molecule has 0 bridgehead atoms. The Kier molecular flexibility index (Phi) is 5.25. The van der Waals surface area contributed by atoms with Gasteiger partial charge in [0.2, 0.25) is 0 Å². The highest BCUT2D eigenvalue weighted by atomic mass is 16.5. The third-order valence-electron chi connectivity index (χ3n) is 4.01. The maximum absolute atomic E-state index is 5.35. The van der Waals surface area contributed by atoms with Crippen molar-refractivity contribution < 1.29 is 4.74 Å². The molecule has 0 aromatic heterocycles. The summed E-state index contributed by atoms with van der Waals surface area (Å²) in [6.07, 6.45) is 15.4. The van der Waals surface area contributed by atoms with Crippen LogP contribution in [-0.4, -0.2) is 13.7 Å². The van der Waals surface area contributed by atoms with E-state index in [4.69, 9.17) is 4.74 Å². The lowest BCUT2D eigenvalue weighted by Gasteiger charge is -2.23. The highest BCUT2D eigenvalue weighted by Gasteiger charge is 2.17. The van der Waals surface area contributed by atoms with Gasteiger partial charge in [-0.1, -0.05) is 12.2 Å². The van der Waals surface area contributed by atoms with Gasteiger partial charge in [-0.2, -0.15) is 0 Å². The highest BCUT2D eigenvalue weighted by molar-refractivity contribution is 5.50. The van der Waals surface area contributed by atoms with E-state index < -0.39 is 0 Å². The van der Waals surface area contributed by atoms with Crippen LogP contribution >= 0.6 is 0 Å². The Morgan fingerprint density at radius 1 is 1.00 bits per heavy atom. The lowest BCUT2D eigenvalue weighted by Crippen LogP contribution is -2.07. The molecule has 0 amide bonds. The van der Waals surface area contributed by atoms with Crippen molar-refractivity contribution in [3.05, 3.63) is 34.4 Å². The van der Waals surface area contributed by atoms with Crippen LogP contribution in [0.15, 0.2) is 34.4 Å². The van der Waals surface area contributed by atoms with Gasteiger partial charge in [0.25, 0.3) is 0 Å². The predicted octanol–water partition coefficient (Wildman–Crippen LogP) is 4.95. The van der Waals surface area contributed by atoms with Gasteiger partial charge in [-0.3, -0.25) is 0 Å². The van der Waals surface area contributed by atoms with Crippen molar-refractivity contribution in [1.29, 1.82) is 0 Å². The minimum atomic E-state index is 0.768. The zero-order chi connectivity index (χ0) is 12.8. The van der Waals surface area contributed by atoms with Crippen LogP contribution in [0.2, 0.25) is 0 Å². The van der Waals surface area contributed by atoms with Crippen LogP contribution in [0.5, 0.6) is 0 Å². The standard InChI is InChI=1S/C17H26O/c1-14(13-18-2)17(15-9-5-3-6-10-15)16-11-7-4-8-12-16/h9,11H,3-8,10,12-13H2,1-2H3. The molecule has 1 nitrogen and oxygen atoms in total. The lowest BCUT2D eigenvalue weighted by molar-refractivity contribution is 0.225. The van der Waals surface area contributed by atoms with Crippen LogP contribution in [0.4, 0.5) is 0 Å². The molecule has 0 N–H and O–H groups in total. The van der Waals surface area contributed by atoms with Gasteiger partial charge < -0.3 is 4.74 Å². The first-order valence-corrected chi connectivity index (χ1v) is 7.40. The molecule has 0 unspecified atom stereocenters. The first-order valence-electron chi connectivity index (χ1n) is 7.40. The van der Waals surface area contributed by atoms with E-state index in [1.54, 1.807) is 18.3 Å². The van der Waals surface area contributed by atoms with Crippen LogP contribution in [0.25, 0.3) is 0 Å². The maximum atomic E-state index is 5.35. The highest BCUT2D eigenvalue weighted by Crippen LogP contribution is 2.35. The maximum Gasteiger partial charge on any atom is 0.0679 e. The van der Waals surface area contributed by atoms with Gasteiger partial charge in [0.05, 0.1) is 6.61 Å². The number of rotatable bonds is 4. The number of hydrogen-bond acceptors (Lipinski definition) is 1. The monoisotopic (exact) mass is 246 g/mol. The van der Waals surface area contributed by atoms with Gasteiger partial charge in [0, 0.05) is 7.11 Å². The molecule has 0 saturated carbocycles. The van der Waals surface area contributed by atoms with Crippen LogP contribution in [-0.2, 0) is 4.74 Å². The summed E-state index contributed by atoms with van der Waals surface area (Å²) in [6.45, 7) is 3.01. The first kappa shape index (κ1) is 13.6. The van der Waals surface area contributed by atoms with E-state index in [2.05, 4.69) is 19.1 Å². The third kappa shape index (κ3) is 3.35. The Bertz CT molecular complexity index is 343. The molecule has 2 aliphatic carbocycles. The van der Waals surface area contributed by atoms with Crippen molar-refractivity contribution in [2.45, 2.75) is 58.3 Å². The second kappa shape index (κ2) is 6.94. The van der Waals surface area contributed by atoms with E-state index >= 15 is 0 Å². The van der Waals surface area contributed by atoms with Gasteiger partial charge in [0.15, 0.2) is 0 Å². The van der Waals surface area contributed by atoms with Gasteiger partial charge in [-0.25, -0.2) is 0 Å². The molecule has 0 saturated heterocycles. The summed E-state index contributed by atoms with van der Waals surface area (Å²) in [4.78, 5) is 0. The molecule has 2 aliphatic rings. The third-order valence-corrected chi connectivity index (χ3v) is 4.01. The fourth-order valence-corrected chi connectivity index (χ4v) is 3.17. The molecule has 18 heavy (non-hydrogen) atoms. The first-order chi connectivity index (χ1) is 8.83. The molecule has 0 aromatic rings. The van der Waals surface area contributed by atoms with E-state index in [9.17, 15) is 0 Å². The largest absolute Gasteiger partial charge is 0.380 e. The Balaban J connectivity index is 2.30. The number of methoxy groups -OCH3 is 1. The summed E-state index contributed by atoms with van der Waals surface area (Å²) >= 11 is 0. The smallest absolute Gasteiger partial charge is 0.0679 e. The second-order valence-electron chi connectivity index (χ2n) is 5.54. The van der Waals surface area contributed by atoms with Crippen molar-refractivity contribution >= 4 is 0 Å². The Morgan fingerprint density at radius 3 is 1.94 bits per heavy atom. The van der Waals surface area contributed by atoms with Crippen LogP contribution in [0.1, 0.15) is 58.3 Å². The van der Waals surface area contributed by atoms with Crippen LogP contribution in [0.3, 0.4) is 0 Å². The number of ether oxygens (including phenoxy) is 1. The minimum absolute atomic E-state index is 0.768. The van der Waals surface area contributed by atoms with E-state index in [0.717, 1.165) is 6.61 Å². The van der Waals surface area contributed by atoms with E-state index in [0.29, 0.717) is 0 Å². The van der Waals surface area contributed by atoms with Gasteiger partial charge in [-0.15, -0.1) is 0 Å². The topological polar surface area (TPSA) is 9.23 Å². The van der Waals surface area contributed by atoms with E-state index in [-0.39, 0.29) is 0 Å². The average molecular weight is 246 g/mol. The summed E-state index contributed by atoms with van der Waals surface area (Å²) in [6, 6.07) is 0. The van der Waals surface area contributed by atoms with Gasteiger partial charge >= 0.3 is 0 Å².